The third-order valence-electron chi connectivity index (χ3n) is 4.77. The second-order valence-electron chi connectivity index (χ2n) is 6.97. The lowest BCUT2D eigenvalue weighted by molar-refractivity contribution is 0.231. The molecule has 0 amide bonds. The third-order valence-corrected chi connectivity index (χ3v) is 4.77. The fourth-order valence-electron chi connectivity index (χ4n) is 3.56. The Bertz CT molecular complexity index is 440. The molecule has 0 bridgehead atoms. The Morgan fingerprint density at radius 3 is 2.71 bits per heavy atom. The van der Waals surface area contributed by atoms with Crippen LogP contribution >= 0.6 is 0 Å². The molecule has 3 nitrogen and oxygen atoms in total. The molecule has 1 atom stereocenters. The van der Waals surface area contributed by atoms with Crippen molar-refractivity contribution in [2.75, 3.05) is 37.6 Å². The topological polar surface area (TPSA) is 18.5 Å². The molecule has 3 rings (SSSR count). The quantitative estimate of drug-likeness (QED) is 0.898. The van der Waals surface area contributed by atoms with Gasteiger partial charge in [0.05, 0.1) is 0 Å². The molecule has 2 aliphatic rings. The standard InChI is InChI=1S/C18H29N3/c1-15(2)12-19-13-16-5-7-17(8-6-16)21-11-10-20-9-3-4-18(20)14-21/h5-8,15,18-19H,3-4,9-14H2,1-2H3. The minimum Gasteiger partial charge on any atom is -0.369 e. The molecule has 21 heavy (non-hydrogen) atoms. The van der Waals surface area contributed by atoms with E-state index in [-0.39, 0.29) is 0 Å². The Labute approximate surface area is 129 Å². The zero-order chi connectivity index (χ0) is 14.7. The van der Waals surface area contributed by atoms with Gasteiger partial charge in [-0.3, -0.25) is 4.90 Å². The van der Waals surface area contributed by atoms with Gasteiger partial charge in [0, 0.05) is 37.9 Å². The van der Waals surface area contributed by atoms with E-state index in [9.17, 15) is 0 Å². The molecule has 1 aromatic rings. The van der Waals surface area contributed by atoms with Gasteiger partial charge in [-0.1, -0.05) is 26.0 Å². The number of hydrogen-bond donors (Lipinski definition) is 1. The van der Waals surface area contributed by atoms with Crippen LogP contribution in [-0.2, 0) is 6.54 Å². The highest BCUT2D eigenvalue weighted by Crippen LogP contribution is 2.25. The highest BCUT2D eigenvalue weighted by Gasteiger charge is 2.30. The normalized spacial score (nSPS) is 22.8. The van der Waals surface area contributed by atoms with Crippen LogP contribution in [0.2, 0.25) is 0 Å². The van der Waals surface area contributed by atoms with E-state index >= 15 is 0 Å². The van der Waals surface area contributed by atoms with Crippen LogP contribution in [0.25, 0.3) is 0 Å². The maximum atomic E-state index is 3.51. The summed E-state index contributed by atoms with van der Waals surface area (Å²) in [6.07, 6.45) is 2.77. The summed E-state index contributed by atoms with van der Waals surface area (Å²) in [4.78, 5) is 5.23. The summed E-state index contributed by atoms with van der Waals surface area (Å²) in [5, 5.41) is 3.51. The van der Waals surface area contributed by atoms with Gasteiger partial charge >= 0.3 is 0 Å². The summed E-state index contributed by atoms with van der Waals surface area (Å²) in [6, 6.07) is 9.97. The molecule has 2 aliphatic heterocycles. The largest absolute Gasteiger partial charge is 0.369 e. The van der Waals surface area contributed by atoms with Gasteiger partial charge in [0.25, 0.3) is 0 Å². The lowest BCUT2D eigenvalue weighted by atomic mass is 10.1. The molecule has 1 aromatic carbocycles. The van der Waals surface area contributed by atoms with Gasteiger partial charge in [-0.2, -0.15) is 0 Å². The predicted molar refractivity (Wildman–Crippen MR) is 89.8 cm³/mol. The van der Waals surface area contributed by atoms with Crippen molar-refractivity contribution >= 4 is 5.69 Å². The molecule has 1 unspecified atom stereocenters. The number of hydrogen-bond acceptors (Lipinski definition) is 3. The number of benzene rings is 1. The van der Waals surface area contributed by atoms with Gasteiger partial charge in [-0.15, -0.1) is 0 Å². The van der Waals surface area contributed by atoms with E-state index in [4.69, 9.17) is 0 Å². The zero-order valence-electron chi connectivity index (χ0n) is 13.5. The summed E-state index contributed by atoms with van der Waals surface area (Å²) in [5.41, 5.74) is 2.79. The van der Waals surface area contributed by atoms with Crippen molar-refractivity contribution in [2.45, 2.75) is 39.3 Å². The van der Waals surface area contributed by atoms with Crippen LogP contribution in [0.3, 0.4) is 0 Å². The van der Waals surface area contributed by atoms with Gasteiger partial charge in [0.1, 0.15) is 0 Å². The number of nitrogens with one attached hydrogen (secondary N) is 1. The number of anilines is 1. The van der Waals surface area contributed by atoms with Crippen molar-refractivity contribution in [2.24, 2.45) is 5.92 Å². The van der Waals surface area contributed by atoms with E-state index in [1.54, 1.807) is 0 Å². The smallest absolute Gasteiger partial charge is 0.0367 e. The molecule has 2 saturated heterocycles. The first-order valence-corrected chi connectivity index (χ1v) is 8.51. The summed E-state index contributed by atoms with van der Waals surface area (Å²) in [7, 11) is 0. The molecule has 2 fully saturated rings. The average Bonchev–Trinajstić information content (AvgIpc) is 2.95. The second kappa shape index (κ2) is 6.80. The Morgan fingerprint density at radius 2 is 1.95 bits per heavy atom. The second-order valence-corrected chi connectivity index (χ2v) is 6.97. The Balaban J connectivity index is 1.54. The highest BCUT2D eigenvalue weighted by atomic mass is 15.3. The Hall–Kier alpha value is -1.06. The van der Waals surface area contributed by atoms with Gasteiger partial charge in [-0.05, 0) is 49.5 Å². The van der Waals surface area contributed by atoms with Crippen molar-refractivity contribution in [3.05, 3.63) is 29.8 Å². The monoisotopic (exact) mass is 287 g/mol. The lowest BCUT2D eigenvalue weighted by Gasteiger charge is -2.38. The summed E-state index contributed by atoms with van der Waals surface area (Å²) < 4.78 is 0. The first kappa shape index (κ1) is 14.9. The Morgan fingerprint density at radius 1 is 1.14 bits per heavy atom. The molecule has 116 valence electrons. The third kappa shape index (κ3) is 3.78. The SMILES string of the molecule is CC(C)CNCc1ccc(N2CCN3CCCC3C2)cc1. The van der Waals surface area contributed by atoms with Gasteiger partial charge in [-0.25, -0.2) is 0 Å². The van der Waals surface area contributed by atoms with Crippen LogP contribution in [-0.4, -0.2) is 43.7 Å². The minimum absolute atomic E-state index is 0.715. The molecular formula is C18H29N3. The molecule has 0 radical (unpaired) electrons. The van der Waals surface area contributed by atoms with Gasteiger partial charge in [0.15, 0.2) is 0 Å². The van der Waals surface area contributed by atoms with Crippen LogP contribution in [0.15, 0.2) is 24.3 Å². The first-order valence-electron chi connectivity index (χ1n) is 8.51. The van der Waals surface area contributed by atoms with E-state index in [0.29, 0.717) is 5.92 Å². The maximum Gasteiger partial charge on any atom is 0.0367 e. The van der Waals surface area contributed by atoms with E-state index in [1.807, 2.05) is 0 Å². The van der Waals surface area contributed by atoms with Crippen molar-refractivity contribution in [1.82, 2.24) is 10.2 Å². The minimum atomic E-state index is 0.715. The molecule has 2 heterocycles. The molecule has 3 heteroatoms. The summed E-state index contributed by atoms with van der Waals surface area (Å²) in [6.45, 7) is 11.5. The van der Waals surface area contributed by atoms with Crippen LogP contribution in [0, 0.1) is 5.92 Å². The first-order chi connectivity index (χ1) is 10.2. The summed E-state index contributed by atoms with van der Waals surface area (Å²) >= 11 is 0. The van der Waals surface area contributed by atoms with Crippen LogP contribution in [0.1, 0.15) is 32.3 Å². The van der Waals surface area contributed by atoms with E-state index in [0.717, 1.165) is 19.1 Å². The molecule has 0 aliphatic carbocycles. The molecule has 1 N–H and O–H groups in total. The number of rotatable bonds is 5. The van der Waals surface area contributed by atoms with Crippen LogP contribution < -0.4 is 10.2 Å². The zero-order valence-corrected chi connectivity index (χ0v) is 13.5. The number of nitrogens with zero attached hydrogens (tertiary/aromatic N) is 2. The van der Waals surface area contributed by atoms with E-state index in [2.05, 4.69) is 53.2 Å². The van der Waals surface area contributed by atoms with Crippen LogP contribution in [0.4, 0.5) is 5.69 Å². The van der Waals surface area contributed by atoms with Crippen molar-refractivity contribution in [1.29, 1.82) is 0 Å². The molecule has 0 spiro atoms. The average molecular weight is 287 g/mol. The maximum absolute atomic E-state index is 3.51. The Kier molecular flexibility index (Phi) is 4.81. The van der Waals surface area contributed by atoms with E-state index < -0.39 is 0 Å². The lowest BCUT2D eigenvalue weighted by Crippen LogP contribution is -2.50. The number of fused-ring (bicyclic) bond motifs is 1. The van der Waals surface area contributed by atoms with Crippen molar-refractivity contribution in [3.63, 3.8) is 0 Å². The predicted octanol–water partition coefficient (Wildman–Crippen LogP) is 2.72. The summed E-state index contributed by atoms with van der Waals surface area (Å²) in [5.74, 6) is 0.715. The van der Waals surface area contributed by atoms with Crippen molar-refractivity contribution < 1.29 is 0 Å². The van der Waals surface area contributed by atoms with Gasteiger partial charge < -0.3 is 10.2 Å². The molecular weight excluding hydrogens is 258 g/mol. The van der Waals surface area contributed by atoms with E-state index in [1.165, 1.54) is 50.3 Å². The fourth-order valence-corrected chi connectivity index (χ4v) is 3.56. The molecule has 0 saturated carbocycles. The van der Waals surface area contributed by atoms with Crippen LogP contribution in [0.5, 0.6) is 0 Å². The highest BCUT2D eigenvalue weighted by molar-refractivity contribution is 5.48. The number of piperazine rings is 1. The fraction of sp³-hybridized carbons (Fsp3) is 0.667. The van der Waals surface area contributed by atoms with Crippen molar-refractivity contribution in [3.8, 4) is 0 Å². The van der Waals surface area contributed by atoms with Gasteiger partial charge in [0.2, 0.25) is 0 Å². The molecule has 0 aromatic heterocycles.